The van der Waals surface area contributed by atoms with E-state index in [9.17, 15) is 13.2 Å². The first-order valence-corrected chi connectivity index (χ1v) is 7.89. The van der Waals surface area contributed by atoms with Gasteiger partial charge in [0.25, 0.3) is 0 Å². The zero-order valence-corrected chi connectivity index (χ0v) is 12.3. The summed E-state index contributed by atoms with van der Waals surface area (Å²) in [6, 6.07) is 6.33. The zero-order chi connectivity index (χ0) is 14.8. The molecule has 0 saturated carbocycles. The molecule has 1 aliphatic heterocycles. The van der Waals surface area contributed by atoms with E-state index in [2.05, 4.69) is 4.90 Å². The minimum Gasteiger partial charge on any atom is -0.369 e. The summed E-state index contributed by atoms with van der Waals surface area (Å²) in [7, 11) is -1.47. The molecule has 0 unspecified atom stereocenters. The Morgan fingerprint density at radius 1 is 1.15 bits per heavy atom. The van der Waals surface area contributed by atoms with Crippen molar-refractivity contribution in [1.29, 1.82) is 0 Å². The molecule has 1 saturated heterocycles. The molecule has 1 fully saturated rings. The van der Waals surface area contributed by atoms with Crippen LogP contribution < -0.4 is 5.73 Å². The van der Waals surface area contributed by atoms with Crippen molar-refractivity contribution < 1.29 is 13.2 Å². The Kier molecular flexibility index (Phi) is 4.42. The maximum Gasteiger partial charge on any atom is 0.243 e. The quantitative estimate of drug-likeness (QED) is 0.823. The molecule has 0 aromatic heterocycles. The Balaban J connectivity index is 2.15. The fourth-order valence-corrected chi connectivity index (χ4v) is 3.58. The van der Waals surface area contributed by atoms with E-state index in [-0.39, 0.29) is 11.3 Å². The van der Waals surface area contributed by atoms with Crippen LogP contribution >= 0.6 is 0 Å². The second kappa shape index (κ2) is 5.90. The number of hydrogen-bond acceptors (Lipinski definition) is 4. The van der Waals surface area contributed by atoms with E-state index in [4.69, 9.17) is 5.73 Å². The van der Waals surface area contributed by atoms with E-state index in [0.717, 1.165) is 18.7 Å². The van der Waals surface area contributed by atoms with Crippen molar-refractivity contribution in [3.05, 3.63) is 29.8 Å². The van der Waals surface area contributed by atoms with Crippen LogP contribution in [0.3, 0.4) is 0 Å². The van der Waals surface area contributed by atoms with Crippen LogP contribution in [0.2, 0.25) is 0 Å². The fraction of sp³-hybridized carbons (Fsp3) is 0.462. The van der Waals surface area contributed by atoms with E-state index >= 15 is 0 Å². The Morgan fingerprint density at radius 2 is 1.70 bits per heavy atom. The summed E-state index contributed by atoms with van der Waals surface area (Å²) in [5.41, 5.74) is 5.83. The summed E-state index contributed by atoms with van der Waals surface area (Å²) in [5, 5.41) is 0. The maximum absolute atomic E-state index is 12.4. The summed E-state index contributed by atoms with van der Waals surface area (Å²) in [5.74, 6) is -0.431. The standard InChI is InChI=1S/C13H19N3O3S/c1-15-6-8-16(9-7-15)20(18,19)12-4-2-11(3-5-12)10-13(14)17/h2-5H,6-10H2,1H3,(H2,14,17). The van der Waals surface area contributed by atoms with Crippen LogP contribution in [0, 0.1) is 0 Å². The van der Waals surface area contributed by atoms with Gasteiger partial charge in [0.15, 0.2) is 0 Å². The van der Waals surface area contributed by atoms with Crippen LogP contribution in [0.5, 0.6) is 0 Å². The van der Waals surface area contributed by atoms with Crippen molar-refractivity contribution in [2.45, 2.75) is 11.3 Å². The van der Waals surface area contributed by atoms with Gasteiger partial charge in [0.1, 0.15) is 0 Å². The Hall–Kier alpha value is -1.44. The van der Waals surface area contributed by atoms with Crippen LogP contribution in [0.25, 0.3) is 0 Å². The summed E-state index contributed by atoms with van der Waals surface area (Å²) < 4.78 is 26.4. The molecule has 1 heterocycles. The van der Waals surface area contributed by atoms with Crippen molar-refractivity contribution in [2.75, 3.05) is 33.2 Å². The predicted octanol–water partition coefficient (Wildman–Crippen LogP) is -0.349. The van der Waals surface area contributed by atoms with Crippen molar-refractivity contribution in [3.63, 3.8) is 0 Å². The Morgan fingerprint density at radius 3 is 2.20 bits per heavy atom. The Labute approximate surface area is 119 Å². The van der Waals surface area contributed by atoms with Gasteiger partial charge in [-0.1, -0.05) is 12.1 Å². The van der Waals surface area contributed by atoms with Gasteiger partial charge < -0.3 is 10.6 Å². The van der Waals surface area contributed by atoms with Crippen molar-refractivity contribution in [3.8, 4) is 0 Å². The SMILES string of the molecule is CN1CCN(S(=O)(=O)c2ccc(CC(N)=O)cc2)CC1. The molecule has 1 aromatic carbocycles. The molecule has 0 radical (unpaired) electrons. The summed E-state index contributed by atoms with van der Waals surface area (Å²) >= 11 is 0. The van der Waals surface area contributed by atoms with Crippen LogP contribution in [-0.2, 0) is 21.2 Å². The lowest BCUT2D eigenvalue weighted by molar-refractivity contribution is -0.117. The Bertz CT molecular complexity index is 575. The molecule has 2 N–H and O–H groups in total. The highest BCUT2D eigenvalue weighted by Crippen LogP contribution is 2.18. The first kappa shape index (κ1) is 15.0. The minimum atomic E-state index is -3.44. The highest BCUT2D eigenvalue weighted by atomic mass is 32.2. The third-order valence-electron chi connectivity index (χ3n) is 3.40. The molecule has 0 spiro atoms. The number of carbonyl (C=O) groups is 1. The number of amides is 1. The van der Waals surface area contributed by atoms with Gasteiger partial charge in [0.05, 0.1) is 11.3 Å². The molecule has 20 heavy (non-hydrogen) atoms. The number of primary amides is 1. The number of rotatable bonds is 4. The second-order valence-electron chi connectivity index (χ2n) is 4.99. The van der Waals surface area contributed by atoms with Gasteiger partial charge >= 0.3 is 0 Å². The third kappa shape index (κ3) is 3.36. The number of piperazine rings is 1. The van der Waals surface area contributed by atoms with Gasteiger partial charge in [-0.25, -0.2) is 8.42 Å². The predicted molar refractivity (Wildman–Crippen MR) is 75.6 cm³/mol. The summed E-state index contributed by atoms with van der Waals surface area (Å²) in [6.45, 7) is 2.47. The second-order valence-corrected chi connectivity index (χ2v) is 6.93. The molecule has 2 rings (SSSR count). The lowest BCUT2D eigenvalue weighted by Crippen LogP contribution is -2.46. The lowest BCUT2D eigenvalue weighted by Gasteiger charge is -2.31. The lowest BCUT2D eigenvalue weighted by atomic mass is 10.1. The molecule has 6 nitrogen and oxygen atoms in total. The number of nitrogens with zero attached hydrogens (tertiary/aromatic N) is 2. The van der Waals surface area contributed by atoms with Crippen molar-refractivity contribution >= 4 is 15.9 Å². The molecule has 0 aliphatic carbocycles. The van der Waals surface area contributed by atoms with Crippen LogP contribution in [0.1, 0.15) is 5.56 Å². The summed E-state index contributed by atoms with van der Waals surface area (Å²) in [4.78, 5) is 13.2. The minimum absolute atomic E-state index is 0.120. The average Bonchev–Trinajstić information content (AvgIpc) is 2.39. The van der Waals surface area contributed by atoms with Crippen molar-refractivity contribution in [2.24, 2.45) is 5.73 Å². The van der Waals surface area contributed by atoms with E-state index in [1.165, 1.54) is 16.4 Å². The average molecular weight is 297 g/mol. The van der Waals surface area contributed by atoms with E-state index in [0.29, 0.717) is 13.1 Å². The third-order valence-corrected chi connectivity index (χ3v) is 5.31. The smallest absolute Gasteiger partial charge is 0.243 e. The van der Waals surface area contributed by atoms with Crippen LogP contribution in [0.15, 0.2) is 29.2 Å². The van der Waals surface area contributed by atoms with Gasteiger partial charge in [-0.05, 0) is 24.7 Å². The largest absolute Gasteiger partial charge is 0.369 e. The molecule has 7 heteroatoms. The first-order valence-electron chi connectivity index (χ1n) is 6.45. The van der Waals surface area contributed by atoms with Crippen LogP contribution in [0.4, 0.5) is 0 Å². The van der Waals surface area contributed by atoms with Gasteiger partial charge in [-0.15, -0.1) is 0 Å². The van der Waals surface area contributed by atoms with Gasteiger partial charge in [-0.3, -0.25) is 4.79 Å². The number of nitrogens with two attached hydrogens (primary N) is 1. The number of likely N-dealkylation sites (N-methyl/N-ethyl adjacent to an activating group) is 1. The molecular weight excluding hydrogens is 278 g/mol. The summed E-state index contributed by atoms with van der Waals surface area (Å²) in [6.07, 6.45) is 0.120. The molecule has 1 amide bonds. The number of carbonyl (C=O) groups excluding carboxylic acids is 1. The number of hydrogen-bond donors (Lipinski definition) is 1. The topological polar surface area (TPSA) is 83.7 Å². The fourth-order valence-electron chi connectivity index (χ4n) is 2.16. The maximum atomic E-state index is 12.4. The van der Waals surface area contributed by atoms with E-state index in [1.807, 2.05) is 7.05 Å². The number of sulfonamides is 1. The van der Waals surface area contributed by atoms with E-state index < -0.39 is 15.9 Å². The highest BCUT2D eigenvalue weighted by Gasteiger charge is 2.27. The zero-order valence-electron chi connectivity index (χ0n) is 11.4. The molecule has 1 aliphatic rings. The normalized spacial score (nSPS) is 18.1. The molecule has 0 bridgehead atoms. The molecule has 110 valence electrons. The van der Waals surface area contributed by atoms with Crippen molar-refractivity contribution in [1.82, 2.24) is 9.21 Å². The van der Waals surface area contributed by atoms with Gasteiger partial charge in [0, 0.05) is 26.2 Å². The number of benzene rings is 1. The van der Waals surface area contributed by atoms with Crippen LogP contribution in [-0.4, -0.2) is 56.8 Å². The monoisotopic (exact) mass is 297 g/mol. The van der Waals surface area contributed by atoms with Gasteiger partial charge in [0.2, 0.25) is 15.9 Å². The highest BCUT2D eigenvalue weighted by molar-refractivity contribution is 7.89. The first-order chi connectivity index (χ1) is 9.39. The molecule has 1 aromatic rings. The molecule has 0 atom stereocenters. The van der Waals surface area contributed by atoms with E-state index in [1.54, 1.807) is 12.1 Å². The molecular formula is C13H19N3O3S. The van der Waals surface area contributed by atoms with Gasteiger partial charge in [-0.2, -0.15) is 4.31 Å².